The summed E-state index contributed by atoms with van der Waals surface area (Å²) in [6.07, 6.45) is 2.11. The number of esters is 2. The number of carbonyl (C=O) groups is 13. The molecule has 41 heteroatoms. The summed E-state index contributed by atoms with van der Waals surface area (Å²) in [7, 11) is -7.64. The Hall–Kier alpha value is -10.0. The van der Waals surface area contributed by atoms with Crippen LogP contribution in [0.3, 0.4) is 0 Å². The van der Waals surface area contributed by atoms with Crippen LogP contribution >= 0.6 is 15.6 Å². The summed E-state index contributed by atoms with van der Waals surface area (Å²) >= 11 is 0. The Morgan fingerprint density at radius 3 is 2.00 bits per heavy atom. The molecule has 0 saturated heterocycles. The van der Waals surface area contributed by atoms with Crippen molar-refractivity contribution >= 4 is 98.7 Å². The highest BCUT2D eigenvalue weighted by Gasteiger charge is 2.40. The van der Waals surface area contributed by atoms with Gasteiger partial charge in [-0.2, -0.15) is 4.31 Å². The van der Waals surface area contributed by atoms with Gasteiger partial charge in [0.05, 0.1) is 19.8 Å². The second kappa shape index (κ2) is 54.3. The summed E-state index contributed by atoms with van der Waals surface area (Å²) in [5, 5.41) is 27.1. The Morgan fingerprint density at radius 1 is 0.742 bits per heavy atom. The second-order valence-corrected chi connectivity index (χ2v) is 33.2. The van der Waals surface area contributed by atoms with Gasteiger partial charge in [-0.1, -0.05) is 140 Å². The summed E-state index contributed by atoms with van der Waals surface area (Å²) in [6, 6.07) is 7.07. The molecule has 0 aliphatic carbocycles. The smallest absolute Gasteiger partial charge is 0.456 e. The number of ether oxygens (including phenoxy) is 4. The lowest BCUT2D eigenvalue weighted by Gasteiger charge is -2.33. The summed E-state index contributed by atoms with van der Waals surface area (Å²) in [5.41, 5.74) is 15.6. The minimum atomic E-state index is -5.24. The minimum absolute atomic E-state index is 0.00214. The number of allylic oxidation sites excluding steroid dienone is 1. The number of hydrogen-bond acceptors (Lipinski definition) is 23. The number of rotatable bonds is 41. The lowest BCUT2D eigenvalue weighted by molar-refractivity contribution is -0.155. The number of nitrogens with two attached hydrogens (primary N) is 1. The van der Waals surface area contributed by atoms with Crippen molar-refractivity contribution in [3.63, 3.8) is 0 Å². The number of carbonyl (C=O) groups excluding carboxylic acids is 13. The molecule has 13 atom stereocenters. The largest absolute Gasteiger partial charge is 0.481 e. The van der Waals surface area contributed by atoms with E-state index in [1.165, 1.54) is 70.1 Å². The molecule has 670 valence electrons. The number of nitrogens with zero attached hydrogens (tertiary/aromatic N) is 5. The van der Waals surface area contributed by atoms with Crippen molar-refractivity contribution in [3.05, 3.63) is 99.5 Å². The quantitative estimate of drug-likeness (QED) is 0.00438. The van der Waals surface area contributed by atoms with E-state index in [0.717, 1.165) is 4.90 Å². The van der Waals surface area contributed by atoms with E-state index in [1.54, 1.807) is 98.7 Å². The average Bonchev–Trinajstić information content (AvgIpc) is 0.831. The van der Waals surface area contributed by atoms with E-state index in [4.69, 9.17) is 39.3 Å². The molecule has 2 aromatic rings. The first-order valence-corrected chi connectivity index (χ1v) is 43.3. The predicted molar refractivity (Wildman–Crippen MR) is 442 cm³/mol. The molecule has 0 spiro atoms. The molecule has 0 saturated carbocycles. The van der Waals surface area contributed by atoms with Gasteiger partial charge in [-0.15, -0.1) is 0 Å². The molecule has 13 N–H and O–H groups in total. The maximum Gasteiger partial charge on any atom is 0.481 e. The maximum atomic E-state index is 14.4. The Labute approximate surface area is 701 Å². The predicted octanol–water partition coefficient (Wildman–Crippen LogP) is 7.98. The van der Waals surface area contributed by atoms with E-state index in [0.29, 0.717) is 80.3 Å². The molecular formula is C79H125N15O24P2. The monoisotopic (exact) mass is 1730 g/mol. The highest BCUT2D eigenvalue weighted by molar-refractivity contribution is 7.61. The molecule has 12 amide bonds. The second-order valence-electron chi connectivity index (χ2n) is 30.2. The summed E-state index contributed by atoms with van der Waals surface area (Å²) in [6.45, 7) is 18.1. The number of amides is 12. The van der Waals surface area contributed by atoms with Crippen LogP contribution in [0.2, 0.25) is 0 Å². The topological polar surface area (TPSA) is 551 Å². The van der Waals surface area contributed by atoms with E-state index in [1.807, 2.05) is 0 Å². The number of phosphoric ester groups is 2. The molecule has 1 heterocycles. The number of hydrogen-bond donors (Lipinski definition) is 12. The number of unbranched alkanes of at least 4 members (excludes halogenated alkanes) is 6. The van der Waals surface area contributed by atoms with E-state index < -0.39 is 173 Å². The van der Waals surface area contributed by atoms with Gasteiger partial charge in [0.25, 0.3) is 5.91 Å². The molecule has 120 heavy (non-hydrogen) atoms. The van der Waals surface area contributed by atoms with E-state index in [9.17, 15) is 81.2 Å². The molecular weight excluding hydrogens is 1600 g/mol. The number of anilines is 1. The highest BCUT2D eigenvalue weighted by atomic mass is 31.3. The average molecular weight is 1730 g/mol. The molecule has 2 aromatic carbocycles. The van der Waals surface area contributed by atoms with Crippen LogP contribution in [0.15, 0.2) is 83.0 Å². The fourth-order valence-electron chi connectivity index (χ4n) is 12.1. The van der Waals surface area contributed by atoms with Crippen LogP contribution in [0, 0.1) is 23.7 Å². The Kier molecular flexibility index (Phi) is 47.2. The number of primary amides is 1. The molecule has 0 bridgehead atoms. The van der Waals surface area contributed by atoms with Crippen LogP contribution in [0.5, 0.6) is 0 Å². The zero-order valence-electron chi connectivity index (χ0n) is 71.2. The molecule has 4 unspecified atom stereocenters. The minimum Gasteiger partial charge on any atom is -0.456 e. The van der Waals surface area contributed by atoms with Gasteiger partial charge in [0.2, 0.25) is 41.4 Å². The number of nitrogens with one attached hydrogen (secondary N) is 9. The fourth-order valence-corrected chi connectivity index (χ4v) is 14.2. The summed E-state index contributed by atoms with van der Waals surface area (Å²) < 4.78 is 62.5. The first-order valence-electron chi connectivity index (χ1n) is 40.3. The summed E-state index contributed by atoms with van der Waals surface area (Å²) in [5.74, 6) is -8.87. The van der Waals surface area contributed by atoms with Crippen LogP contribution in [-0.2, 0) is 102 Å². The van der Waals surface area contributed by atoms with Gasteiger partial charge in [0, 0.05) is 81.6 Å². The molecule has 0 radical (unpaired) electrons. The Balaban J connectivity index is 1.61. The number of alkyl carbamates (subject to hydrolysis) is 2. The van der Waals surface area contributed by atoms with Gasteiger partial charge < -0.3 is 92.1 Å². The molecule has 39 nitrogen and oxygen atoms in total. The molecule has 1 aliphatic rings. The van der Waals surface area contributed by atoms with Crippen LogP contribution in [0.4, 0.5) is 20.1 Å². The van der Waals surface area contributed by atoms with Crippen LogP contribution in [0.25, 0.3) is 10.4 Å². The number of phosphoric acid groups is 2. The van der Waals surface area contributed by atoms with Gasteiger partial charge in [-0.3, -0.25) is 47.4 Å². The van der Waals surface area contributed by atoms with Gasteiger partial charge in [-0.25, -0.2) is 33.1 Å². The number of urea groups is 1. The Bertz CT molecular complexity index is 3930. The first kappa shape index (κ1) is 104. The van der Waals surface area contributed by atoms with Crippen molar-refractivity contribution in [1.82, 2.24) is 52.3 Å². The standard InChI is InChI=1S/C79H125N15O24P2/c1-15-51(7)67-72(100)87-56(12)76(104)117-68(52(8)16-2)54(10)62(38-33-53(9)75(103)115-63(45-49(3)4)70(98)86-55(11)73(101)94(14)61(46-57-29-22-20-23-30-57)74(102)93(13)47-65(96)91-67)116-79(107)83-39-25-18-17-19-27-43-113-119(108,109)118-120(110,111)114-44-42-84-78(106)112-48-58-34-36-59(37-35-58)88-69(97)60(31-28-40-82-77(80)105)89-71(99)66(50(5)6)90-64(95)32-24-21-26-41-85-92-81/h16,20,22-23,29-30,33-37,49-51,54-56,60-63,66-68H,15,17-19,21,24-28,31-32,38-48H2,1-14H3,(H,83,107)(H,84,106)(H,86,98)(H,87,100)(H,88,97)(H,89,99)(H,90,95)(H,91,96)(H,108,109)(H,110,111)(H3,80,82,105)/b52-16+,53-33+/t51?,54-,55-,56+,60+,61+,62-,63+,66+,67-,68?/m0/s1. The molecule has 0 fully saturated rings. The van der Waals surface area contributed by atoms with Gasteiger partial charge in [0.15, 0.2) is 6.10 Å². The third-order valence-electron chi connectivity index (χ3n) is 19.4. The van der Waals surface area contributed by atoms with Crippen molar-refractivity contribution in [2.75, 3.05) is 65.3 Å². The third-order valence-corrected chi connectivity index (χ3v) is 22.1. The number of cyclic esters (lactones) is 2. The van der Waals surface area contributed by atoms with Gasteiger partial charge in [0.1, 0.15) is 55.1 Å². The van der Waals surface area contributed by atoms with E-state index in [-0.39, 0.29) is 94.6 Å². The van der Waals surface area contributed by atoms with Crippen molar-refractivity contribution < 1.29 is 114 Å². The highest BCUT2D eigenvalue weighted by Crippen LogP contribution is 2.60. The lowest BCUT2D eigenvalue weighted by atomic mass is 9.90. The summed E-state index contributed by atoms with van der Waals surface area (Å²) in [4.78, 5) is 202. The maximum absolute atomic E-state index is 14.4. The Morgan fingerprint density at radius 2 is 1.37 bits per heavy atom. The number of likely N-dealkylation sites (N-methyl/N-ethyl adjacent to an activating group) is 2. The zero-order valence-corrected chi connectivity index (χ0v) is 73.0. The molecule has 0 aromatic heterocycles. The normalized spacial score (nSPS) is 21.3. The van der Waals surface area contributed by atoms with Crippen molar-refractivity contribution in [1.29, 1.82) is 0 Å². The molecule has 3 rings (SSSR count). The van der Waals surface area contributed by atoms with Crippen LogP contribution in [-0.4, -0.2) is 212 Å². The molecule has 1 aliphatic heterocycles. The van der Waals surface area contributed by atoms with Crippen LogP contribution in [0.1, 0.15) is 184 Å². The first-order chi connectivity index (χ1) is 56.6. The SMILES string of the molecule is C/C=C(\C)C1OC(=O)[C@@H](C)NC(=O)[C@H](C(C)CC)NC(=O)CN(C)C(=O)[C@@H](Cc2ccccc2)N(C)C(=O)[C@H](C)NC(=O)[C@@H](CC(C)C)OC(=O)/C(C)=C/C[C@H](OC(=O)NCCCCCCCOP(=O)(O)OP(=O)(O)OCCNC(=O)OCc2ccc(NC(=O)[C@@H](CCCNC(N)=O)NC(=O)[C@H](NC(=O)CCCCCN=[N+]=[N-])C(C)C)cc2)[C@@H]1C. The van der Waals surface area contributed by atoms with Crippen molar-refractivity contribution in [2.24, 2.45) is 34.5 Å². The van der Waals surface area contributed by atoms with E-state index >= 15 is 0 Å². The van der Waals surface area contributed by atoms with Gasteiger partial charge in [-0.05, 0) is 132 Å². The number of azide groups is 1. The van der Waals surface area contributed by atoms with E-state index in [2.05, 4.69) is 62.2 Å². The lowest BCUT2D eigenvalue weighted by Crippen LogP contribution is -2.57. The van der Waals surface area contributed by atoms with Crippen LogP contribution < -0.4 is 53.6 Å². The number of benzene rings is 2. The van der Waals surface area contributed by atoms with Crippen molar-refractivity contribution in [2.45, 2.75) is 241 Å². The fraction of sp³-hybridized carbons (Fsp3) is 0.633. The van der Waals surface area contributed by atoms with Crippen molar-refractivity contribution in [3.8, 4) is 0 Å². The zero-order chi connectivity index (χ0) is 89.8. The third kappa shape index (κ3) is 39.9. The van der Waals surface area contributed by atoms with Gasteiger partial charge >= 0.3 is 45.8 Å².